The highest BCUT2D eigenvalue weighted by Gasteiger charge is 2.71. The summed E-state index contributed by atoms with van der Waals surface area (Å²) < 4.78 is 48.3. The molecule has 2 atom stereocenters. The van der Waals surface area contributed by atoms with Gasteiger partial charge in [-0.25, -0.2) is 4.79 Å². The molecular formula is C25H30F3N3O4. The number of nitrogens with one attached hydrogen (secondary N) is 2. The van der Waals surface area contributed by atoms with E-state index >= 15 is 0 Å². The lowest BCUT2D eigenvalue weighted by atomic mass is 9.47. The molecule has 4 amide bonds. The van der Waals surface area contributed by atoms with E-state index in [0.717, 1.165) is 43.4 Å². The van der Waals surface area contributed by atoms with Crippen LogP contribution in [0.3, 0.4) is 0 Å². The van der Waals surface area contributed by atoms with Gasteiger partial charge >= 0.3 is 12.2 Å². The molecule has 190 valence electrons. The molecule has 1 aromatic rings. The number of carbonyl (C=O) groups excluding carboxylic acids is 3. The molecule has 5 aliphatic rings. The summed E-state index contributed by atoms with van der Waals surface area (Å²) in [6.07, 6.45) is 0.978. The van der Waals surface area contributed by atoms with Gasteiger partial charge < -0.3 is 10.1 Å². The Morgan fingerprint density at radius 2 is 1.66 bits per heavy atom. The van der Waals surface area contributed by atoms with Gasteiger partial charge in [0.05, 0.1) is 7.11 Å². The Bertz CT molecular complexity index is 1010. The van der Waals surface area contributed by atoms with E-state index in [4.69, 9.17) is 4.74 Å². The van der Waals surface area contributed by atoms with E-state index in [1.165, 1.54) is 31.4 Å². The van der Waals surface area contributed by atoms with Crippen LogP contribution in [-0.4, -0.2) is 47.7 Å². The number of alkyl halides is 3. The average Bonchev–Trinajstić information content (AvgIpc) is 3.04. The zero-order valence-corrected chi connectivity index (χ0v) is 19.8. The van der Waals surface area contributed by atoms with Crippen LogP contribution in [0.4, 0.5) is 18.0 Å². The van der Waals surface area contributed by atoms with Crippen LogP contribution in [0, 0.1) is 23.2 Å². The summed E-state index contributed by atoms with van der Waals surface area (Å²) in [7, 11) is 1.42. The van der Waals surface area contributed by atoms with E-state index in [-0.39, 0.29) is 11.0 Å². The third-order valence-electron chi connectivity index (χ3n) is 8.62. The number of nitrogens with zero attached hydrogens (tertiary/aromatic N) is 1. The molecule has 4 aliphatic carbocycles. The first-order valence-electron chi connectivity index (χ1n) is 12.2. The van der Waals surface area contributed by atoms with Crippen molar-refractivity contribution >= 4 is 17.8 Å². The topological polar surface area (TPSA) is 87.7 Å². The molecule has 4 saturated carbocycles. The van der Waals surface area contributed by atoms with Crippen molar-refractivity contribution in [3.05, 3.63) is 29.8 Å². The molecule has 1 aromatic carbocycles. The summed E-state index contributed by atoms with van der Waals surface area (Å²) >= 11 is 0. The lowest BCUT2D eigenvalue weighted by Gasteiger charge is -2.60. The number of hydrogen-bond donors (Lipinski definition) is 2. The van der Waals surface area contributed by atoms with Gasteiger partial charge in [0.1, 0.15) is 5.75 Å². The molecule has 2 N–H and O–H groups in total. The number of amides is 4. The zero-order chi connectivity index (χ0) is 25.2. The zero-order valence-electron chi connectivity index (χ0n) is 19.8. The fraction of sp³-hybridized carbons (Fsp3) is 0.640. The second-order valence-corrected chi connectivity index (χ2v) is 10.7. The largest absolute Gasteiger partial charge is 0.497 e. The molecule has 0 aromatic heterocycles. The second kappa shape index (κ2) is 8.13. The van der Waals surface area contributed by atoms with Gasteiger partial charge in [0, 0.05) is 11.6 Å². The molecule has 35 heavy (non-hydrogen) atoms. The molecule has 4 bridgehead atoms. The number of halogens is 3. The third kappa shape index (κ3) is 3.67. The van der Waals surface area contributed by atoms with Crippen molar-refractivity contribution in [3.8, 4) is 5.75 Å². The molecule has 7 nitrogen and oxygen atoms in total. The number of benzene rings is 1. The van der Waals surface area contributed by atoms with Crippen molar-refractivity contribution in [2.45, 2.75) is 69.8 Å². The maximum Gasteiger partial charge on any atom is 0.440 e. The molecule has 0 unspecified atom stereocenters. The fourth-order valence-corrected chi connectivity index (χ4v) is 7.64. The first kappa shape index (κ1) is 23.9. The van der Waals surface area contributed by atoms with Crippen LogP contribution in [0.1, 0.15) is 62.2 Å². The predicted molar refractivity (Wildman–Crippen MR) is 119 cm³/mol. The number of urea groups is 1. The molecule has 0 spiro atoms. The summed E-state index contributed by atoms with van der Waals surface area (Å²) in [6, 6.07) is 3.69. The molecule has 1 saturated heterocycles. The van der Waals surface area contributed by atoms with Gasteiger partial charge in [-0.2, -0.15) is 13.2 Å². The Hall–Kier alpha value is -2.78. The maximum atomic E-state index is 14.4. The molecular weight excluding hydrogens is 463 g/mol. The van der Waals surface area contributed by atoms with Crippen LogP contribution in [0.5, 0.6) is 5.75 Å². The van der Waals surface area contributed by atoms with Gasteiger partial charge in [0.2, 0.25) is 0 Å². The standard InChI is InChI=1S/C25H30F3N3O4/c1-3-19(23-11-14-8-15(12-23)10-16(9-14)13-23)31-21(33)24(25(26,27)28,30-22(31)34)29-20(32)17-4-6-18(35-2)7-5-17/h4-7,14-16,19H,3,8-13H2,1-2H3,(H,29,32)(H,30,34)/t14?,15?,16?,19-,23?,24+/m1/s1. The quantitative estimate of drug-likeness (QED) is 0.581. The fourth-order valence-electron chi connectivity index (χ4n) is 7.64. The molecule has 1 aliphatic heterocycles. The van der Waals surface area contributed by atoms with Gasteiger partial charge in [-0.15, -0.1) is 0 Å². The molecule has 1 heterocycles. The first-order chi connectivity index (χ1) is 16.5. The summed E-state index contributed by atoms with van der Waals surface area (Å²) in [5, 5.41) is 3.65. The summed E-state index contributed by atoms with van der Waals surface area (Å²) in [5.74, 6) is -0.665. The molecule has 10 heteroatoms. The average molecular weight is 494 g/mol. The van der Waals surface area contributed by atoms with E-state index < -0.39 is 35.7 Å². The van der Waals surface area contributed by atoms with Gasteiger partial charge in [-0.05, 0) is 92.4 Å². The minimum Gasteiger partial charge on any atom is -0.497 e. The van der Waals surface area contributed by atoms with E-state index in [9.17, 15) is 27.6 Å². The van der Waals surface area contributed by atoms with E-state index in [1.54, 1.807) is 0 Å². The van der Waals surface area contributed by atoms with Crippen molar-refractivity contribution in [1.82, 2.24) is 15.5 Å². The SMILES string of the molecule is CC[C@@H](N1C(=O)N[C@](NC(=O)c2ccc(OC)cc2)(C(F)(F)F)C1=O)C12CC3CC(CC(C3)C1)C2. The summed E-state index contributed by atoms with van der Waals surface area (Å²) in [4.78, 5) is 40.2. The highest BCUT2D eigenvalue weighted by atomic mass is 19.4. The Labute approximate surface area is 201 Å². The van der Waals surface area contributed by atoms with Crippen molar-refractivity contribution < 1.29 is 32.3 Å². The molecule has 6 rings (SSSR count). The maximum absolute atomic E-state index is 14.4. The lowest BCUT2D eigenvalue weighted by molar-refractivity contribution is -0.202. The predicted octanol–water partition coefficient (Wildman–Crippen LogP) is 4.23. The van der Waals surface area contributed by atoms with Gasteiger partial charge in [-0.1, -0.05) is 6.92 Å². The normalized spacial score (nSPS) is 34.7. The van der Waals surface area contributed by atoms with Crippen LogP contribution in [0.2, 0.25) is 0 Å². The van der Waals surface area contributed by atoms with Crippen LogP contribution >= 0.6 is 0 Å². The molecule has 0 radical (unpaired) electrons. The second-order valence-electron chi connectivity index (χ2n) is 10.7. The van der Waals surface area contributed by atoms with E-state index in [0.29, 0.717) is 29.9 Å². The van der Waals surface area contributed by atoms with Crippen LogP contribution in [0.15, 0.2) is 24.3 Å². The minimum atomic E-state index is -5.24. The lowest BCUT2D eigenvalue weighted by Crippen LogP contribution is -2.70. The van der Waals surface area contributed by atoms with Crippen molar-refractivity contribution in [1.29, 1.82) is 0 Å². The highest BCUT2D eigenvalue weighted by Crippen LogP contribution is 2.62. The Morgan fingerprint density at radius 1 is 1.11 bits per heavy atom. The Balaban J connectivity index is 1.46. The molecule has 5 fully saturated rings. The minimum absolute atomic E-state index is 0.0944. The summed E-state index contributed by atoms with van der Waals surface area (Å²) in [5.41, 5.74) is -3.97. The van der Waals surface area contributed by atoms with E-state index in [2.05, 4.69) is 0 Å². The first-order valence-corrected chi connectivity index (χ1v) is 12.2. The number of carbonyl (C=O) groups is 3. The van der Waals surface area contributed by atoms with Gasteiger partial charge in [-0.3, -0.25) is 19.8 Å². The summed E-state index contributed by atoms with van der Waals surface area (Å²) in [6.45, 7) is 1.81. The van der Waals surface area contributed by atoms with Crippen LogP contribution in [-0.2, 0) is 4.79 Å². The van der Waals surface area contributed by atoms with E-state index in [1.807, 2.05) is 17.6 Å². The highest BCUT2D eigenvalue weighted by molar-refractivity contribution is 6.10. The number of methoxy groups -OCH3 is 1. The number of rotatable bonds is 6. The Morgan fingerprint density at radius 3 is 2.11 bits per heavy atom. The van der Waals surface area contributed by atoms with Gasteiger partial charge in [0.15, 0.2) is 0 Å². The van der Waals surface area contributed by atoms with Crippen molar-refractivity contribution in [3.63, 3.8) is 0 Å². The van der Waals surface area contributed by atoms with Crippen LogP contribution < -0.4 is 15.4 Å². The number of hydrogen-bond acceptors (Lipinski definition) is 4. The third-order valence-corrected chi connectivity index (χ3v) is 8.62. The number of imide groups is 1. The smallest absolute Gasteiger partial charge is 0.440 e. The van der Waals surface area contributed by atoms with Crippen LogP contribution in [0.25, 0.3) is 0 Å². The van der Waals surface area contributed by atoms with Crippen molar-refractivity contribution in [2.24, 2.45) is 23.2 Å². The Kier molecular flexibility index (Phi) is 5.56. The van der Waals surface area contributed by atoms with Gasteiger partial charge in [0.25, 0.3) is 17.5 Å². The monoisotopic (exact) mass is 493 g/mol. The van der Waals surface area contributed by atoms with Crippen molar-refractivity contribution in [2.75, 3.05) is 7.11 Å². The number of ether oxygens (including phenoxy) is 1.